The molecule has 0 radical (unpaired) electrons. The minimum Gasteiger partial charge on any atom is -0.478 e. The van der Waals surface area contributed by atoms with Crippen LogP contribution in [-0.4, -0.2) is 28.7 Å². The maximum atomic E-state index is 12.3. The minimum absolute atomic E-state index is 0.164. The summed E-state index contributed by atoms with van der Waals surface area (Å²) in [6.45, 7) is 0. The fourth-order valence-electron chi connectivity index (χ4n) is 1.03. The Morgan fingerprint density at radius 2 is 1.80 bits per heavy atom. The van der Waals surface area contributed by atoms with Crippen LogP contribution < -0.4 is 5.32 Å². The van der Waals surface area contributed by atoms with Crippen molar-refractivity contribution in [3.8, 4) is 0 Å². The van der Waals surface area contributed by atoms with Crippen molar-refractivity contribution in [3.05, 3.63) is 12.2 Å². The molecule has 0 saturated heterocycles. The largest absolute Gasteiger partial charge is 0.478 e. The lowest BCUT2D eigenvalue weighted by molar-refractivity contribution is -0.169. The predicted octanol–water partition coefficient (Wildman–Crippen LogP) is 0.838. The van der Waals surface area contributed by atoms with Gasteiger partial charge >= 0.3 is 12.1 Å². The fraction of sp³-hybridized carbons (Fsp3) is 0.500. The number of carbonyl (C=O) groups is 2. The van der Waals surface area contributed by atoms with Gasteiger partial charge in [0.2, 0.25) is 5.91 Å². The van der Waals surface area contributed by atoms with Gasteiger partial charge in [-0.2, -0.15) is 13.2 Å². The molecule has 1 fully saturated rings. The molecule has 1 amide bonds. The van der Waals surface area contributed by atoms with Crippen LogP contribution in [-0.2, 0) is 9.59 Å². The standard InChI is InChI=1S/C8H8F3NO3/c9-8(10,11)7(3-4-7)12-5(13)1-2-6(14)15/h1-2H,3-4H2,(H,12,13)(H,14,15)/b2-1+. The summed E-state index contributed by atoms with van der Waals surface area (Å²) < 4.78 is 36.9. The van der Waals surface area contributed by atoms with Crippen LogP contribution in [0.2, 0.25) is 0 Å². The number of halogens is 3. The summed E-state index contributed by atoms with van der Waals surface area (Å²) in [5, 5.41) is 9.90. The smallest absolute Gasteiger partial charge is 0.411 e. The lowest BCUT2D eigenvalue weighted by Gasteiger charge is -2.19. The number of rotatable bonds is 3. The fourth-order valence-corrected chi connectivity index (χ4v) is 1.03. The van der Waals surface area contributed by atoms with Gasteiger partial charge < -0.3 is 10.4 Å². The van der Waals surface area contributed by atoms with Crippen LogP contribution in [0.5, 0.6) is 0 Å². The van der Waals surface area contributed by atoms with Crippen molar-refractivity contribution in [1.29, 1.82) is 0 Å². The Morgan fingerprint density at radius 3 is 2.13 bits per heavy atom. The van der Waals surface area contributed by atoms with Crippen LogP contribution in [0.3, 0.4) is 0 Å². The first-order chi connectivity index (χ1) is 6.77. The first-order valence-corrected chi connectivity index (χ1v) is 4.07. The Kier molecular flexibility index (Phi) is 2.74. The van der Waals surface area contributed by atoms with E-state index in [4.69, 9.17) is 5.11 Å². The van der Waals surface area contributed by atoms with Crippen molar-refractivity contribution < 1.29 is 27.9 Å². The van der Waals surface area contributed by atoms with Crippen LogP contribution in [0.25, 0.3) is 0 Å². The highest BCUT2D eigenvalue weighted by atomic mass is 19.4. The third-order valence-corrected chi connectivity index (χ3v) is 2.03. The normalized spacial score (nSPS) is 18.9. The molecule has 0 heterocycles. The summed E-state index contributed by atoms with van der Waals surface area (Å²) in [4.78, 5) is 20.9. The zero-order chi connectivity index (χ0) is 11.7. The monoisotopic (exact) mass is 223 g/mol. The summed E-state index contributed by atoms with van der Waals surface area (Å²) in [5.41, 5.74) is -2.15. The van der Waals surface area contributed by atoms with Gasteiger partial charge in [-0.15, -0.1) is 0 Å². The lowest BCUT2D eigenvalue weighted by Crippen LogP contribution is -2.47. The van der Waals surface area contributed by atoms with Crippen molar-refractivity contribution in [3.63, 3.8) is 0 Å². The van der Waals surface area contributed by atoms with Crippen LogP contribution in [0.15, 0.2) is 12.2 Å². The molecule has 84 valence electrons. The van der Waals surface area contributed by atoms with E-state index in [1.807, 2.05) is 0 Å². The summed E-state index contributed by atoms with van der Waals surface area (Å²) in [5.74, 6) is -2.44. The molecule has 1 rings (SSSR count). The Labute approximate surface area is 82.8 Å². The Bertz CT molecular complexity index is 318. The summed E-state index contributed by atoms with van der Waals surface area (Å²) in [6.07, 6.45) is -3.76. The van der Waals surface area contributed by atoms with Gasteiger partial charge in [0, 0.05) is 12.2 Å². The zero-order valence-corrected chi connectivity index (χ0v) is 7.47. The van der Waals surface area contributed by atoms with Gasteiger partial charge in [-0.1, -0.05) is 0 Å². The molecule has 1 aliphatic carbocycles. The molecular weight excluding hydrogens is 215 g/mol. The number of hydrogen-bond acceptors (Lipinski definition) is 2. The van der Waals surface area contributed by atoms with Crippen LogP contribution in [0.4, 0.5) is 13.2 Å². The summed E-state index contributed by atoms with van der Waals surface area (Å²) in [6, 6.07) is 0. The molecule has 0 aromatic carbocycles. The summed E-state index contributed by atoms with van der Waals surface area (Å²) in [7, 11) is 0. The maximum absolute atomic E-state index is 12.3. The minimum atomic E-state index is -4.49. The average Bonchev–Trinajstić information content (AvgIpc) is 2.80. The molecular formula is C8H8F3NO3. The lowest BCUT2D eigenvalue weighted by atomic mass is 10.2. The third-order valence-electron chi connectivity index (χ3n) is 2.03. The van der Waals surface area contributed by atoms with Crippen molar-refractivity contribution in [1.82, 2.24) is 5.32 Å². The number of carbonyl (C=O) groups excluding carboxylic acids is 1. The van der Waals surface area contributed by atoms with Crippen LogP contribution in [0.1, 0.15) is 12.8 Å². The van der Waals surface area contributed by atoms with E-state index in [1.54, 1.807) is 5.32 Å². The van der Waals surface area contributed by atoms with Crippen molar-refractivity contribution in [2.75, 3.05) is 0 Å². The van der Waals surface area contributed by atoms with E-state index >= 15 is 0 Å². The molecule has 0 spiro atoms. The molecule has 0 aromatic rings. The van der Waals surface area contributed by atoms with E-state index in [-0.39, 0.29) is 12.8 Å². The molecule has 15 heavy (non-hydrogen) atoms. The van der Waals surface area contributed by atoms with Gasteiger partial charge in [-0.25, -0.2) is 4.79 Å². The molecule has 0 unspecified atom stereocenters. The number of carboxylic acid groups (broad SMARTS) is 1. The number of hydrogen-bond donors (Lipinski definition) is 2. The second-order valence-electron chi connectivity index (χ2n) is 3.24. The van der Waals surface area contributed by atoms with Gasteiger partial charge in [-0.3, -0.25) is 4.79 Å². The van der Waals surface area contributed by atoms with E-state index in [0.717, 1.165) is 0 Å². The molecule has 0 aliphatic heterocycles. The molecule has 0 aromatic heterocycles. The van der Waals surface area contributed by atoms with Gasteiger partial charge in [-0.05, 0) is 12.8 Å². The number of carboxylic acids is 1. The SMILES string of the molecule is O=C(O)/C=C/C(=O)NC1(C(F)(F)F)CC1. The van der Waals surface area contributed by atoms with Gasteiger partial charge in [0.05, 0.1) is 0 Å². The molecule has 1 aliphatic rings. The molecule has 4 nitrogen and oxygen atoms in total. The second-order valence-corrected chi connectivity index (χ2v) is 3.24. The number of nitrogens with one attached hydrogen (secondary N) is 1. The number of aliphatic carboxylic acids is 1. The van der Waals surface area contributed by atoms with Crippen LogP contribution >= 0.6 is 0 Å². The first kappa shape index (κ1) is 11.5. The molecule has 2 N–H and O–H groups in total. The number of alkyl halides is 3. The van der Waals surface area contributed by atoms with E-state index < -0.39 is 23.6 Å². The Morgan fingerprint density at radius 1 is 1.27 bits per heavy atom. The zero-order valence-electron chi connectivity index (χ0n) is 7.47. The Hall–Kier alpha value is -1.53. The highest BCUT2D eigenvalue weighted by Crippen LogP contribution is 2.48. The quantitative estimate of drug-likeness (QED) is 0.696. The topological polar surface area (TPSA) is 66.4 Å². The number of amides is 1. The molecule has 0 bridgehead atoms. The average molecular weight is 223 g/mol. The van der Waals surface area contributed by atoms with Gasteiger partial charge in [0.15, 0.2) is 0 Å². The first-order valence-electron chi connectivity index (χ1n) is 4.07. The van der Waals surface area contributed by atoms with E-state index in [0.29, 0.717) is 12.2 Å². The van der Waals surface area contributed by atoms with E-state index in [1.165, 1.54) is 0 Å². The van der Waals surface area contributed by atoms with E-state index in [9.17, 15) is 22.8 Å². The van der Waals surface area contributed by atoms with Gasteiger partial charge in [0.1, 0.15) is 5.54 Å². The molecule has 1 saturated carbocycles. The summed E-state index contributed by atoms with van der Waals surface area (Å²) >= 11 is 0. The van der Waals surface area contributed by atoms with Crippen molar-refractivity contribution in [2.45, 2.75) is 24.6 Å². The molecule has 0 atom stereocenters. The van der Waals surface area contributed by atoms with Gasteiger partial charge in [0.25, 0.3) is 0 Å². The second kappa shape index (κ2) is 3.56. The van der Waals surface area contributed by atoms with Crippen molar-refractivity contribution >= 4 is 11.9 Å². The van der Waals surface area contributed by atoms with E-state index in [2.05, 4.69) is 0 Å². The predicted molar refractivity (Wildman–Crippen MR) is 42.9 cm³/mol. The van der Waals surface area contributed by atoms with Crippen molar-refractivity contribution in [2.24, 2.45) is 0 Å². The third kappa shape index (κ3) is 2.71. The van der Waals surface area contributed by atoms with Crippen LogP contribution in [0, 0.1) is 0 Å². The highest BCUT2D eigenvalue weighted by molar-refractivity contribution is 5.94. The molecule has 7 heteroatoms. The maximum Gasteiger partial charge on any atom is 0.411 e. The Balaban J connectivity index is 2.56. The highest BCUT2D eigenvalue weighted by Gasteiger charge is 2.64.